The van der Waals surface area contributed by atoms with Crippen molar-refractivity contribution in [2.75, 3.05) is 21.3 Å². The van der Waals surface area contributed by atoms with Crippen LogP contribution in [0.4, 0.5) is 0 Å². The summed E-state index contributed by atoms with van der Waals surface area (Å²) in [5.41, 5.74) is 0. The lowest BCUT2D eigenvalue weighted by Gasteiger charge is -2.23. The van der Waals surface area contributed by atoms with Gasteiger partial charge in [0.25, 0.3) is 0 Å². The maximum Gasteiger partial charge on any atom is 0.323 e. The normalized spacial score (nSPS) is 37.1. The van der Waals surface area contributed by atoms with E-state index in [0.717, 1.165) is 6.42 Å². The molecular formula is C10H19NO4. The van der Waals surface area contributed by atoms with Crippen LogP contribution in [0, 0.1) is 0 Å². The minimum absolute atomic E-state index is 0.0982. The lowest BCUT2D eigenvalue weighted by Crippen LogP contribution is -2.42. The Labute approximate surface area is 90.0 Å². The molecule has 1 heterocycles. The topological polar surface area (TPSA) is 59.0 Å². The molecule has 4 unspecified atom stereocenters. The second-order valence-corrected chi connectivity index (χ2v) is 3.82. The van der Waals surface area contributed by atoms with E-state index < -0.39 is 18.1 Å². The van der Waals surface area contributed by atoms with E-state index in [2.05, 4.69) is 0 Å². The van der Waals surface area contributed by atoms with E-state index in [1.807, 2.05) is 11.8 Å². The third-order valence-electron chi connectivity index (χ3n) is 3.19. The van der Waals surface area contributed by atoms with Crippen LogP contribution in [0.3, 0.4) is 0 Å². The van der Waals surface area contributed by atoms with E-state index in [1.54, 1.807) is 14.2 Å². The second kappa shape index (κ2) is 4.92. The Balaban J connectivity index is 2.94. The van der Waals surface area contributed by atoms with Gasteiger partial charge in [0.2, 0.25) is 0 Å². The average Bonchev–Trinajstić information content (AvgIpc) is 2.49. The van der Waals surface area contributed by atoms with E-state index in [9.17, 15) is 4.79 Å². The molecule has 88 valence electrons. The molecule has 0 radical (unpaired) electrons. The summed E-state index contributed by atoms with van der Waals surface area (Å²) in [5.74, 6) is -0.859. The van der Waals surface area contributed by atoms with Crippen LogP contribution in [0.5, 0.6) is 0 Å². The van der Waals surface area contributed by atoms with Crippen molar-refractivity contribution >= 4 is 5.97 Å². The van der Waals surface area contributed by atoms with E-state index in [0.29, 0.717) is 0 Å². The van der Waals surface area contributed by atoms with Crippen molar-refractivity contribution in [2.24, 2.45) is 0 Å². The highest BCUT2D eigenvalue weighted by molar-refractivity contribution is 5.75. The molecule has 1 rings (SSSR count). The van der Waals surface area contributed by atoms with Gasteiger partial charge in [0.15, 0.2) is 0 Å². The number of methoxy groups -OCH3 is 2. The van der Waals surface area contributed by atoms with E-state index in [-0.39, 0.29) is 12.1 Å². The first-order chi connectivity index (χ1) is 7.08. The van der Waals surface area contributed by atoms with Gasteiger partial charge in [0, 0.05) is 20.3 Å². The summed E-state index contributed by atoms with van der Waals surface area (Å²) in [6, 6.07) is -0.522. The van der Waals surface area contributed by atoms with Gasteiger partial charge in [-0.15, -0.1) is 0 Å². The SMILES string of the molecule is CCC1C(OC)C(OC)C(C(=O)O)N1C. The van der Waals surface area contributed by atoms with E-state index >= 15 is 0 Å². The number of rotatable bonds is 4. The largest absolute Gasteiger partial charge is 0.480 e. The zero-order valence-electron chi connectivity index (χ0n) is 9.64. The number of carbonyl (C=O) groups is 1. The lowest BCUT2D eigenvalue weighted by molar-refractivity contribution is -0.146. The van der Waals surface area contributed by atoms with Crippen molar-refractivity contribution < 1.29 is 19.4 Å². The molecular weight excluding hydrogens is 198 g/mol. The quantitative estimate of drug-likeness (QED) is 0.728. The second-order valence-electron chi connectivity index (χ2n) is 3.82. The van der Waals surface area contributed by atoms with Crippen molar-refractivity contribution in [2.45, 2.75) is 37.6 Å². The standard InChI is InChI=1S/C10H19NO4/c1-5-6-8(14-3)9(15-4)7(10(12)13)11(6)2/h6-9H,5H2,1-4H3,(H,12,13). The number of aliphatic carboxylic acids is 1. The zero-order valence-corrected chi connectivity index (χ0v) is 9.64. The summed E-state index contributed by atoms with van der Waals surface area (Å²) in [7, 11) is 4.92. The number of nitrogens with zero attached hydrogens (tertiary/aromatic N) is 1. The fourth-order valence-electron chi connectivity index (χ4n) is 2.46. The van der Waals surface area contributed by atoms with Crippen molar-refractivity contribution in [3.8, 4) is 0 Å². The van der Waals surface area contributed by atoms with E-state index in [1.165, 1.54) is 7.11 Å². The van der Waals surface area contributed by atoms with Crippen LogP contribution in [-0.4, -0.2) is 61.5 Å². The number of carboxylic acids is 1. The Morgan fingerprint density at radius 3 is 2.20 bits per heavy atom. The first kappa shape index (κ1) is 12.4. The number of ether oxygens (including phenoxy) is 2. The molecule has 1 N–H and O–H groups in total. The van der Waals surface area contributed by atoms with Gasteiger partial charge in [-0.1, -0.05) is 6.92 Å². The van der Waals surface area contributed by atoms with Crippen LogP contribution in [0.1, 0.15) is 13.3 Å². The lowest BCUT2D eigenvalue weighted by atomic mass is 10.1. The Bertz CT molecular complexity index is 233. The third kappa shape index (κ3) is 2.00. The summed E-state index contributed by atoms with van der Waals surface area (Å²) in [6.45, 7) is 2.02. The first-order valence-electron chi connectivity index (χ1n) is 5.08. The highest BCUT2D eigenvalue weighted by atomic mass is 16.5. The number of likely N-dealkylation sites (N-methyl/N-ethyl adjacent to an activating group) is 1. The number of carboxylic acid groups (broad SMARTS) is 1. The Kier molecular flexibility index (Phi) is 4.07. The summed E-state index contributed by atoms with van der Waals surface area (Å²) >= 11 is 0. The molecule has 0 bridgehead atoms. The first-order valence-corrected chi connectivity index (χ1v) is 5.08. The molecule has 0 spiro atoms. The monoisotopic (exact) mass is 217 g/mol. The van der Waals surface area contributed by atoms with Gasteiger partial charge in [-0.05, 0) is 13.5 Å². The van der Waals surface area contributed by atoms with Gasteiger partial charge in [0.1, 0.15) is 18.2 Å². The Morgan fingerprint density at radius 1 is 1.33 bits per heavy atom. The molecule has 1 aliphatic heterocycles. The van der Waals surface area contributed by atoms with Crippen LogP contribution in [-0.2, 0) is 14.3 Å². The molecule has 0 aliphatic carbocycles. The van der Waals surface area contributed by atoms with Crippen LogP contribution in [0.25, 0.3) is 0 Å². The van der Waals surface area contributed by atoms with Gasteiger partial charge in [-0.25, -0.2) is 0 Å². The van der Waals surface area contributed by atoms with Crippen LogP contribution in [0.2, 0.25) is 0 Å². The third-order valence-corrected chi connectivity index (χ3v) is 3.19. The minimum Gasteiger partial charge on any atom is -0.480 e. The fourth-order valence-corrected chi connectivity index (χ4v) is 2.46. The molecule has 5 nitrogen and oxygen atoms in total. The maximum absolute atomic E-state index is 11.1. The molecule has 0 aromatic carbocycles. The predicted octanol–water partition coefficient (Wildman–Crippen LogP) is 0.194. The number of hydrogen-bond acceptors (Lipinski definition) is 4. The van der Waals surface area contributed by atoms with Gasteiger partial charge in [0.05, 0.1) is 0 Å². The van der Waals surface area contributed by atoms with Gasteiger partial charge in [-0.2, -0.15) is 0 Å². The molecule has 4 atom stereocenters. The molecule has 1 fully saturated rings. The molecule has 0 saturated carbocycles. The highest BCUT2D eigenvalue weighted by Gasteiger charge is 2.50. The van der Waals surface area contributed by atoms with Crippen molar-refractivity contribution in [1.29, 1.82) is 0 Å². The Morgan fingerprint density at radius 2 is 1.87 bits per heavy atom. The minimum atomic E-state index is -0.859. The molecule has 15 heavy (non-hydrogen) atoms. The summed E-state index contributed by atoms with van der Waals surface area (Å²) < 4.78 is 10.6. The zero-order chi connectivity index (χ0) is 11.6. The molecule has 1 aliphatic rings. The van der Waals surface area contributed by atoms with Crippen LogP contribution >= 0.6 is 0 Å². The maximum atomic E-state index is 11.1. The smallest absolute Gasteiger partial charge is 0.323 e. The summed E-state index contributed by atoms with van der Waals surface area (Å²) in [5, 5.41) is 9.13. The van der Waals surface area contributed by atoms with Gasteiger partial charge >= 0.3 is 5.97 Å². The summed E-state index contributed by atoms with van der Waals surface area (Å²) in [6.07, 6.45) is 0.270. The molecule has 0 aromatic heterocycles. The number of likely N-dealkylation sites (tertiary alicyclic amines) is 1. The van der Waals surface area contributed by atoms with Gasteiger partial charge in [-0.3, -0.25) is 9.69 Å². The average molecular weight is 217 g/mol. The van der Waals surface area contributed by atoms with Crippen molar-refractivity contribution in [3.05, 3.63) is 0 Å². The summed E-state index contributed by atoms with van der Waals surface area (Å²) in [4.78, 5) is 13.0. The molecule has 5 heteroatoms. The number of hydrogen-bond donors (Lipinski definition) is 1. The fraction of sp³-hybridized carbons (Fsp3) is 0.900. The van der Waals surface area contributed by atoms with E-state index in [4.69, 9.17) is 14.6 Å². The predicted molar refractivity (Wildman–Crippen MR) is 54.9 cm³/mol. The molecule has 1 saturated heterocycles. The van der Waals surface area contributed by atoms with Crippen LogP contribution < -0.4 is 0 Å². The van der Waals surface area contributed by atoms with Crippen molar-refractivity contribution in [3.63, 3.8) is 0 Å². The molecule has 0 amide bonds. The highest BCUT2D eigenvalue weighted by Crippen LogP contribution is 2.29. The van der Waals surface area contributed by atoms with Gasteiger partial charge < -0.3 is 14.6 Å². The van der Waals surface area contributed by atoms with Crippen molar-refractivity contribution in [1.82, 2.24) is 4.90 Å². The van der Waals surface area contributed by atoms with Crippen LogP contribution in [0.15, 0.2) is 0 Å². The Hall–Kier alpha value is -0.650. The molecule has 0 aromatic rings.